The van der Waals surface area contributed by atoms with Gasteiger partial charge in [-0.05, 0) is 62.4 Å². The van der Waals surface area contributed by atoms with Gasteiger partial charge in [0.05, 0.1) is 29.5 Å². The van der Waals surface area contributed by atoms with Gasteiger partial charge in [-0.25, -0.2) is 13.8 Å². The molecule has 0 aliphatic carbocycles. The van der Waals surface area contributed by atoms with Gasteiger partial charge < -0.3 is 20.4 Å². The summed E-state index contributed by atoms with van der Waals surface area (Å²) >= 11 is 1.60. The second kappa shape index (κ2) is 11.8. The van der Waals surface area contributed by atoms with E-state index in [2.05, 4.69) is 24.0 Å². The quantitative estimate of drug-likeness (QED) is 0.109. The Kier molecular flexibility index (Phi) is 8.81. The molecule has 0 atom stereocenters. The largest absolute Gasteiger partial charge is 0.493 e. The van der Waals surface area contributed by atoms with Gasteiger partial charge >= 0.3 is 0 Å². The normalized spacial score (nSPS) is 11.8. The van der Waals surface area contributed by atoms with Crippen LogP contribution in [0.4, 0.5) is 8.78 Å². The summed E-state index contributed by atoms with van der Waals surface area (Å²) in [7, 11) is 0. The molecular formula is C25H29F2N3O3S. The molecule has 9 heteroatoms. The molecule has 0 spiro atoms. The number of rotatable bonds is 11. The van der Waals surface area contributed by atoms with Crippen LogP contribution >= 0.6 is 11.3 Å². The molecule has 0 aliphatic heterocycles. The first-order chi connectivity index (χ1) is 16.3. The summed E-state index contributed by atoms with van der Waals surface area (Å²) in [4.78, 5) is 5.60. The molecular weight excluding hydrogens is 460 g/mol. The Balaban J connectivity index is 1.45. The van der Waals surface area contributed by atoms with Crippen LogP contribution in [0.25, 0.3) is 11.3 Å². The van der Waals surface area contributed by atoms with Crippen LogP contribution < -0.4 is 15.2 Å². The van der Waals surface area contributed by atoms with Crippen molar-refractivity contribution in [3.8, 4) is 22.8 Å². The molecule has 1 aromatic heterocycles. The lowest BCUT2D eigenvalue weighted by Gasteiger charge is -2.11. The van der Waals surface area contributed by atoms with E-state index in [1.54, 1.807) is 23.5 Å². The Morgan fingerprint density at radius 3 is 2.50 bits per heavy atom. The number of thiazole rings is 1. The van der Waals surface area contributed by atoms with Crippen LogP contribution in [-0.4, -0.2) is 29.2 Å². The van der Waals surface area contributed by atoms with Gasteiger partial charge in [0, 0.05) is 16.5 Å². The van der Waals surface area contributed by atoms with Gasteiger partial charge in [0.1, 0.15) is 23.1 Å². The number of aryl methyl sites for hydroxylation is 1. The van der Waals surface area contributed by atoms with Gasteiger partial charge in [0.2, 0.25) is 0 Å². The Morgan fingerprint density at radius 2 is 1.82 bits per heavy atom. The molecule has 0 fully saturated rings. The van der Waals surface area contributed by atoms with Crippen LogP contribution in [0.1, 0.15) is 54.5 Å². The van der Waals surface area contributed by atoms with Crippen LogP contribution in [-0.2, 0) is 0 Å². The third-order valence-electron chi connectivity index (χ3n) is 5.12. The van der Waals surface area contributed by atoms with E-state index < -0.39 is 5.82 Å². The molecule has 34 heavy (non-hydrogen) atoms. The molecule has 3 rings (SSSR count). The van der Waals surface area contributed by atoms with Gasteiger partial charge in [0.15, 0.2) is 5.84 Å². The van der Waals surface area contributed by atoms with E-state index in [1.165, 1.54) is 18.2 Å². The molecule has 182 valence electrons. The molecule has 1 heterocycles. The molecule has 3 aromatic rings. The summed E-state index contributed by atoms with van der Waals surface area (Å²) in [6.07, 6.45) is 2.30. The van der Waals surface area contributed by atoms with E-state index in [0.29, 0.717) is 36.0 Å². The zero-order chi connectivity index (χ0) is 24.7. The van der Waals surface area contributed by atoms with Crippen molar-refractivity contribution < 1.29 is 23.5 Å². The van der Waals surface area contributed by atoms with Crippen molar-refractivity contribution in [3.63, 3.8) is 0 Å². The molecule has 2 aromatic carbocycles. The van der Waals surface area contributed by atoms with Gasteiger partial charge in [-0.3, -0.25) is 0 Å². The topological polar surface area (TPSA) is 90.0 Å². The smallest absolute Gasteiger partial charge is 0.173 e. The fraction of sp³-hybridized carbons (Fsp3) is 0.360. The van der Waals surface area contributed by atoms with Gasteiger partial charge in [0.25, 0.3) is 0 Å². The highest BCUT2D eigenvalue weighted by Crippen LogP contribution is 2.35. The van der Waals surface area contributed by atoms with Crippen LogP contribution in [0.15, 0.2) is 41.6 Å². The summed E-state index contributed by atoms with van der Waals surface area (Å²) in [5.41, 5.74) is 6.97. The second-order valence-electron chi connectivity index (χ2n) is 8.13. The molecule has 0 saturated heterocycles. The number of unbranched alkanes of at least 4 members (excludes halogenated alkanes) is 2. The zero-order valence-corrected chi connectivity index (χ0v) is 20.3. The van der Waals surface area contributed by atoms with E-state index in [9.17, 15) is 8.78 Å². The molecule has 0 radical (unpaired) electrons. The van der Waals surface area contributed by atoms with Crippen molar-refractivity contribution in [2.24, 2.45) is 10.9 Å². The Hall–Kier alpha value is -3.20. The van der Waals surface area contributed by atoms with Crippen molar-refractivity contribution in [2.45, 2.75) is 46.0 Å². The maximum Gasteiger partial charge on any atom is 0.173 e. The summed E-state index contributed by atoms with van der Waals surface area (Å²) in [5.74, 6) is 0.0306. The summed E-state index contributed by atoms with van der Waals surface area (Å²) in [6.45, 7) is 6.91. The summed E-state index contributed by atoms with van der Waals surface area (Å²) in [5, 5.41) is 12.7. The minimum Gasteiger partial charge on any atom is -0.493 e. The molecule has 0 bridgehead atoms. The highest BCUT2D eigenvalue weighted by atomic mass is 32.1. The first kappa shape index (κ1) is 25.4. The third kappa shape index (κ3) is 6.44. The van der Waals surface area contributed by atoms with Crippen molar-refractivity contribution in [3.05, 3.63) is 63.5 Å². The molecule has 6 nitrogen and oxygen atoms in total. The Labute approximate surface area is 202 Å². The number of nitrogens with zero attached hydrogens (tertiary/aromatic N) is 2. The van der Waals surface area contributed by atoms with E-state index in [1.807, 2.05) is 6.92 Å². The average molecular weight is 490 g/mol. The van der Waals surface area contributed by atoms with E-state index in [0.717, 1.165) is 35.2 Å². The highest BCUT2D eigenvalue weighted by Gasteiger charge is 2.18. The zero-order valence-electron chi connectivity index (χ0n) is 19.5. The van der Waals surface area contributed by atoms with Gasteiger partial charge in [-0.2, -0.15) is 0 Å². The van der Waals surface area contributed by atoms with Crippen LogP contribution in [0.5, 0.6) is 11.5 Å². The number of amidine groups is 1. The maximum atomic E-state index is 14.8. The lowest BCUT2D eigenvalue weighted by atomic mass is 10.0. The standard InChI is InChI=1S/C25H29F2N3O3S/c1-15(2)24-23(29-16(3)34-24)19-9-8-18(14-21(19)27)32-11-5-4-6-12-33-22-10-7-17(26)13-20(22)25(28)30-31/h7-10,13-15,31H,4-6,11-12H2,1-3H3,(H2,28,30). The van der Waals surface area contributed by atoms with E-state index >= 15 is 0 Å². The lowest BCUT2D eigenvalue weighted by Crippen LogP contribution is -2.15. The average Bonchev–Trinajstić information content (AvgIpc) is 3.20. The molecule has 0 aliphatic rings. The van der Waals surface area contributed by atoms with Crippen LogP contribution in [0.3, 0.4) is 0 Å². The number of hydrogen-bond donors (Lipinski definition) is 2. The Bertz CT molecular complexity index is 1150. The summed E-state index contributed by atoms with van der Waals surface area (Å²) in [6, 6.07) is 8.74. The van der Waals surface area contributed by atoms with Crippen molar-refractivity contribution >= 4 is 17.2 Å². The molecule has 0 saturated carbocycles. The third-order valence-corrected chi connectivity index (χ3v) is 6.39. The number of aromatic nitrogens is 1. The molecule has 3 N–H and O–H groups in total. The number of oxime groups is 1. The maximum absolute atomic E-state index is 14.8. The van der Waals surface area contributed by atoms with Gasteiger partial charge in [-0.1, -0.05) is 19.0 Å². The number of hydrogen-bond acceptors (Lipinski definition) is 6. The summed E-state index contributed by atoms with van der Waals surface area (Å²) < 4.78 is 39.5. The first-order valence-electron chi connectivity index (χ1n) is 11.1. The van der Waals surface area contributed by atoms with Gasteiger partial charge in [-0.15, -0.1) is 11.3 Å². The monoisotopic (exact) mass is 489 g/mol. The van der Waals surface area contributed by atoms with Crippen molar-refractivity contribution in [2.75, 3.05) is 13.2 Å². The predicted octanol–water partition coefficient (Wildman–Crippen LogP) is 6.24. The SMILES string of the molecule is Cc1nc(-c2ccc(OCCCCCOc3ccc(F)cc3C(N)=NO)cc2F)c(C(C)C)s1. The second-order valence-corrected chi connectivity index (χ2v) is 9.36. The fourth-order valence-corrected chi connectivity index (χ4v) is 4.38. The number of benzene rings is 2. The fourth-order valence-electron chi connectivity index (χ4n) is 3.44. The molecule has 0 amide bonds. The lowest BCUT2D eigenvalue weighted by molar-refractivity contribution is 0.278. The minimum atomic E-state index is -0.502. The number of nitrogens with two attached hydrogens (primary N) is 1. The van der Waals surface area contributed by atoms with Crippen LogP contribution in [0.2, 0.25) is 0 Å². The van der Waals surface area contributed by atoms with E-state index in [-0.39, 0.29) is 23.1 Å². The molecule has 0 unspecified atom stereocenters. The van der Waals surface area contributed by atoms with E-state index in [4.69, 9.17) is 20.4 Å². The minimum absolute atomic E-state index is 0.199. The predicted molar refractivity (Wildman–Crippen MR) is 130 cm³/mol. The number of halogens is 2. The van der Waals surface area contributed by atoms with Crippen LogP contribution in [0, 0.1) is 18.6 Å². The Morgan fingerprint density at radius 1 is 1.09 bits per heavy atom. The number of ether oxygens (including phenoxy) is 2. The van der Waals surface area contributed by atoms with Crippen molar-refractivity contribution in [1.29, 1.82) is 0 Å². The highest BCUT2D eigenvalue weighted by molar-refractivity contribution is 7.12. The van der Waals surface area contributed by atoms with Crippen molar-refractivity contribution in [1.82, 2.24) is 4.98 Å². The first-order valence-corrected chi connectivity index (χ1v) is 11.9.